The van der Waals surface area contributed by atoms with Crippen molar-refractivity contribution < 1.29 is 9.90 Å². The summed E-state index contributed by atoms with van der Waals surface area (Å²) in [5.41, 5.74) is 2.07. The van der Waals surface area contributed by atoms with Crippen LogP contribution in [0.15, 0.2) is 72.8 Å². The molecule has 2 N–H and O–H groups in total. The lowest BCUT2D eigenvalue weighted by Gasteiger charge is -2.14. The molecule has 3 heteroatoms. The summed E-state index contributed by atoms with van der Waals surface area (Å²) in [6.07, 6.45) is 1.12. The third-order valence-corrected chi connectivity index (χ3v) is 4.41. The molecule has 3 nitrogen and oxygen atoms in total. The van der Waals surface area contributed by atoms with Crippen LogP contribution < -0.4 is 5.32 Å². The fourth-order valence-electron chi connectivity index (χ4n) is 3.04. The average molecular weight is 333 g/mol. The van der Waals surface area contributed by atoms with Gasteiger partial charge in [-0.05, 0) is 34.7 Å². The highest BCUT2D eigenvalue weighted by molar-refractivity contribution is 5.86. The van der Waals surface area contributed by atoms with Crippen molar-refractivity contribution in [2.24, 2.45) is 0 Å². The largest absolute Gasteiger partial charge is 0.388 e. The van der Waals surface area contributed by atoms with E-state index in [9.17, 15) is 9.90 Å². The average Bonchev–Trinajstić information content (AvgIpc) is 2.66. The lowest BCUT2D eigenvalue weighted by Crippen LogP contribution is -2.25. The Morgan fingerprint density at radius 1 is 0.920 bits per heavy atom. The van der Waals surface area contributed by atoms with Gasteiger partial charge in [-0.2, -0.15) is 0 Å². The fourth-order valence-corrected chi connectivity index (χ4v) is 3.04. The zero-order chi connectivity index (χ0) is 17.5. The van der Waals surface area contributed by atoms with Gasteiger partial charge >= 0.3 is 0 Å². The number of hydrogen-bond acceptors (Lipinski definition) is 2. The molecule has 0 aromatic heterocycles. The minimum Gasteiger partial charge on any atom is -0.388 e. The lowest BCUT2D eigenvalue weighted by molar-refractivity contribution is -0.121. The summed E-state index contributed by atoms with van der Waals surface area (Å²) >= 11 is 0. The highest BCUT2D eigenvalue weighted by Crippen LogP contribution is 2.25. The zero-order valence-electron chi connectivity index (χ0n) is 14.2. The van der Waals surface area contributed by atoms with E-state index in [2.05, 4.69) is 5.32 Å². The molecule has 1 atom stereocenters. The maximum Gasteiger partial charge on any atom is 0.220 e. The van der Waals surface area contributed by atoms with Crippen LogP contribution in [0.4, 0.5) is 0 Å². The predicted molar refractivity (Wildman–Crippen MR) is 101 cm³/mol. The van der Waals surface area contributed by atoms with Gasteiger partial charge in [-0.3, -0.25) is 4.79 Å². The quantitative estimate of drug-likeness (QED) is 0.686. The normalized spacial score (nSPS) is 12.0. The molecule has 0 aliphatic rings. The Bertz CT molecular complexity index is 824. The molecule has 0 saturated heterocycles. The van der Waals surface area contributed by atoms with Gasteiger partial charge in [0, 0.05) is 13.0 Å². The number of hydrogen-bond donors (Lipinski definition) is 2. The number of aryl methyl sites for hydroxylation is 1. The second-order valence-electron chi connectivity index (χ2n) is 6.21. The number of carbonyl (C=O) groups is 1. The third-order valence-electron chi connectivity index (χ3n) is 4.41. The van der Waals surface area contributed by atoms with E-state index in [0.29, 0.717) is 19.4 Å². The maximum absolute atomic E-state index is 12.0. The smallest absolute Gasteiger partial charge is 0.220 e. The molecular formula is C22H23NO2. The van der Waals surface area contributed by atoms with Gasteiger partial charge in [0.15, 0.2) is 0 Å². The Kier molecular flexibility index (Phi) is 5.81. The van der Waals surface area contributed by atoms with Crippen molar-refractivity contribution in [1.29, 1.82) is 0 Å². The maximum atomic E-state index is 12.0. The van der Waals surface area contributed by atoms with Gasteiger partial charge in [0.2, 0.25) is 5.91 Å². The molecule has 0 fully saturated rings. The van der Waals surface area contributed by atoms with Gasteiger partial charge in [-0.15, -0.1) is 0 Å². The van der Waals surface area contributed by atoms with Gasteiger partial charge < -0.3 is 10.4 Å². The monoisotopic (exact) mass is 333 g/mol. The van der Waals surface area contributed by atoms with Gasteiger partial charge in [0.25, 0.3) is 0 Å². The molecule has 0 heterocycles. The van der Waals surface area contributed by atoms with Crippen molar-refractivity contribution in [1.82, 2.24) is 5.32 Å². The Hall–Kier alpha value is -2.65. The van der Waals surface area contributed by atoms with E-state index in [1.165, 1.54) is 0 Å². The van der Waals surface area contributed by atoms with E-state index >= 15 is 0 Å². The molecule has 128 valence electrons. The van der Waals surface area contributed by atoms with Crippen LogP contribution in [-0.4, -0.2) is 17.6 Å². The minimum atomic E-state index is -0.583. The van der Waals surface area contributed by atoms with E-state index in [4.69, 9.17) is 0 Å². The SMILES string of the molecule is O=C(CCc1ccccc1)NCCC(O)c1cccc2ccccc12. The number of amides is 1. The first kappa shape index (κ1) is 17.2. The van der Waals surface area contributed by atoms with Crippen LogP contribution in [0.5, 0.6) is 0 Å². The van der Waals surface area contributed by atoms with Crippen molar-refractivity contribution in [3.63, 3.8) is 0 Å². The fraction of sp³-hybridized carbons (Fsp3) is 0.227. The van der Waals surface area contributed by atoms with Crippen LogP contribution in [-0.2, 0) is 11.2 Å². The number of nitrogens with one attached hydrogen (secondary N) is 1. The van der Waals surface area contributed by atoms with Crippen LogP contribution in [0.2, 0.25) is 0 Å². The van der Waals surface area contributed by atoms with E-state index in [-0.39, 0.29) is 5.91 Å². The highest BCUT2D eigenvalue weighted by Gasteiger charge is 2.11. The molecule has 3 aromatic carbocycles. The van der Waals surface area contributed by atoms with Crippen LogP contribution >= 0.6 is 0 Å². The summed E-state index contributed by atoms with van der Waals surface area (Å²) in [6, 6.07) is 24.0. The first-order chi connectivity index (χ1) is 12.2. The summed E-state index contributed by atoms with van der Waals surface area (Å²) in [5.74, 6) is 0.0222. The molecule has 1 unspecified atom stereocenters. The van der Waals surface area contributed by atoms with Gasteiger partial charge in [-0.25, -0.2) is 0 Å². The summed E-state index contributed by atoms with van der Waals surface area (Å²) in [5, 5.41) is 15.6. The molecule has 0 radical (unpaired) electrons. The molecule has 0 saturated carbocycles. The molecule has 0 bridgehead atoms. The number of carbonyl (C=O) groups excluding carboxylic acids is 1. The third kappa shape index (κ3) is 4.68. The summed E-state index contributed by atoms with van der Waals surface area (Å²) in [6.45, 7) is 0.470. The number of aliphatic hydroxyl groups excluding tert-OH is 1. The number of fused-ring (bicyclic) bond motifs is 1. The molecule has 0 aliphatic carbocycles. The van der Waals surface area contributed by atoms with Gasteiger partial charge in [0.05, 0.1) is 6.10 Å². The summed E-state index contributed by atoms with van der Waals surface area (Å²) in [4.78, 5) is 12.0. The Labute approximate surface area is 148 Å². The van der Waals surface area contributed by atoms with Gasteiger partial charge in [-0.1, -0.05) is 72.8 Å². The molecule has 0 aliphatic heterocycles. The number of aliphatic hydroxyl groups is 1. The van der Waals surface area contributed by atoms with Crippen LogP contribution in [0.25, 0.3) is 10.8 Å². The zero-order valence-corrected chi connectivity index (χ0v) is 14.2. The Morgan fingerprint density at radius 2 is 1.64 bits per heavy atom. The van der Waals surface area contributed by atoms with Crippen molar-refractivity contribution in [3.05, 3.63) is 83.9 Å². The molecular weight excluding hydrogens is 310 g/mol. The predicted octanol–water partition coefficient (Wildman–Crippen LogP) is 4.01. The Morgan fingerprint density at radius 3 is 2.48 bits per heavy atom. The van der Waals surface area contributed by atoms with Crippen molar-refractivity contribution in [3.8, 4) is 0 Å². The summed E-state index contributed by atoms with van der Waals surface area (Å²) in [7, 11) is 0. The van der Waals surface area contributed by atoms with Gasteiger partial charge in [0.1, 0.15) is 0 Å². The van der Waals surface area contributed by atoms with Crippen LogP contribution in [0.1, 0.15) is 30.1 Å². The standard InChI is InChI=1S/C22H23NO2/c24-21(20-12-6-10-18-9-4-5-11-19(18)20)15-16-23-22(25)14-13-17-7-2-1-3-8-17/h1-12,21,24H,13-16H2,(H,23,25). The molecule has 25 heavy (non-hydrogen) atoms. The molecule has 0 spiro atoms. The summed E-state index contributed by atoms with van der Waals surface area (Å²) < 4.78 is 0. The minimum absolute atomic E-state index is 0.0222. The number of rotatable bonds is 7. The highest BCUT2D eigenvalue weighted by atomic mass is 16.3. The molecule has 3 rings (SSSR count). The van der Waals surface area contributed by atoms with E-state index in [0.717, 1.165) is 28.3 Å². The van der Waals surface area contributed by atoms with E-state index < -0.39 is 6.10 Å². The van der Waals surface area contributed by atoms with Crippen molar-refractivity contribution in [2.75, 3.05) is 6.54 Å². The van der Waals surface area contributed by atoms with Crippen molar-refractivity contribution >= 4 is 16.7 Å². The topological polar surface area (TPSA) is 49.3 Å². The van der Waals surface area contributed by atoms with Crippen molar-refractivity contribution in [2.45, 2.75) is 25.4 Å². The molecule has 3 aromatic rings. The van der Waals surface area contributed by atoms with E-state index in [1.54, 1.807) is 0 Å². The second kappa shape index (κ2) is 8.45. The van der Waals surface area contributed by atoms with E-state index in [1.807, 2.05) is 72.8 Å². The first-order valence-electron chi connectivity index (χ1n) is 8.70. The second-order valence-corrected chi connectivity index (χ2v) is 6.21. The van der Waals surface area contributed by atoms with Crippen LogP contribution in [0.3, 0.4) is 0 Å². The molecule has 1 amide bonds. The Balaban J connectivity index is 1.49. The number of benzene rings is 3. The lowest BCUT2D eigenvalue weighted by atomic mass is 9.99. The van der Waals surface area contributed by atoms with Crippen LogP contribution in [0, 0.1) is 0 Å². The first-order valence-corrected chi connectivity index (χ1v) is 8.70.